The Balaban J connectivity index is 2.39. The first-order valence-corrected chi connectivity index (χ1v) is 6.86. The number of methoxy groups -OCH3 is 1. The molecule has 20 heavy (non-hydrogen) atoms. The van der Waals surface area contributed by atoms with E-state index < -0.39 is 0 Å². The van der Waals surface area contributed by atoms with Crippen LogP contribution in [0.5, 0.6) is 5.75 Å². The standard InChI is InChI=1S/C15H16N2O2S/c1-10-6-7-13(15(16)17-18)14(8-10)20-12-5-3-4-11(9-12)19-2/h3-9,18H,1-2H3,(H2,16,17). The van der Waals surface area contributed by atoms with Crippen molar-refractivity contribution in [3.63, 3.8) is 0 Å². The van der Waals surface area contributed by atoms with Gasteiger partial charge in [0.05, 0.1) is 7.11 Å². The Bertz CT molecular complexity index is 642. The molecule has 2 aromatic carbocycles. The lowest BCUT2D eigenvalue weighted by atomic mass is 10.1. The van der Waals surface area contributed by atoms with Crippen LogP contribution in [-0.4, -0.2) is 18.2 Å². The molecule has 2 aromatic rings. The number of oxime groups is 1. The lowest BCUT2D eigenvalue weighted by molar-refractivity contribution is 0.318. The summed E-state index contributed by atoms with van der Waals surface area (Å²) in [5.74, 6) is 0.906. The van der Waals surface area contributed by atoms with E-state index in [1.165, 1.54) is 0 Å². The molecular weight excluding hydrogens is 272 g/mol. The van der Waals surface area contributed by atoms with Gasteiger partial charge in [0.25, 0.3) is 0 Å². The largest absolute Gasteiger partial charge is 0.497 e. The number of nitrogens with two attached hydrogens (primary N) is 1. The van der Waals surface area contributed by atoms with Crippen LogP contribution in [0.2, 0.25) is 0 Å². The Morgan fingerprint density at radius 2 is 2.05 bits per heavy atom. The monoisotopic (exact) mass is 288 g/mol. The number of ether oxygens (including phenoxy) is 1. The third kappa shape index (κ3) is 3.24. The van der Waals surface area contributed by atoms with Crippen LogP contribution in [0.4, 0.5) is 0 Å². The van der Waals surface area contributed by atoms with E-state index >= 15 is 0 Å². The molecule has 3 N–H and O–H groups in total. The number of hydrogen-bond acceptors (Lipinski definition) is 4. The van der Waals surface area contributed by atoms with Gasteiger partial charge in [-0.2, -0.15) is 0 Å². The number of rotatable bonds is 4. The first-order valence-electron chi connectivity index (χ1n) is 6.04. The SMILES string of the molecule is COc1cccc(Sc2cc(C)ccc2C(N)=NO)c1. The van der Waals surface area contributed by atoms with Gasteiger partial charge in [0.15, 0.2) is 5.84 Å². The summed E-state index contributed by atoms with van der Waals surface area (Å²) in [5, 5.41) is 11.9. The van der Waals surface area contributed by atoms with Gasteiger partial charge in [-0.05, 0) is 42.8 Å². The van der Waals surface area contributed by atoms with Crippen molar-refractivity contribution < 1.29 is 9.94 Å². The number of nitrogens with zero attached hydrogens (tertiary/aromatic N) is 1. The van der Waals surface area contributed by atoms with Crippen LogP contribution in [0.1, 0.15) is 11.1 Å². The lowest BCUT2D eigenvalue weighted by Gasteiger charge is -2.10. The number of aryl methyl sites for hydroxylation is 1. The lowest BCUT2D eigenvalue weighted by Crippen LogP contribution is -2.14. The summed E-state index contributed by atoms with van der Waals surface area (Å²) < 4.78 is 5.21. The second kappa shape index (κ2) is 6.34. The minimum Gasteiger partial charge on any atom is -0.497 e. The molecule has 0 heterocycles. The van der Waals surface area contributed by atoms with Crippen LogP contribution >= 0.6 is 11.8 Å². The summed E-state index contributed by atoms with van der Waals surface area (Å²) in [6.07, 6.45) is 0. The molecule has 5 heteroatoms. The molecule has 0 radical (unpaired) electrons. The first kappa shape index (κ1) is 14.3. The predicted molar refractivity (Wildman–Crippen MR) is 80.8 cm³/mol. The summed E-state index contributed by atoms with van der Waals surface area (Å²) in [4.78, 5) is 1.97. The molecule has 0 atom stereocenters. The Labute approximate surface area is 122 Å². The Hall–Kier alpha value is -2.14. The molecule has 4 nitrogen and oxygen atoms in total. The molecule has 0 saturated heterocycles. The van der Waals surface area contributed by atoms with Gasteiger partial charge in [-0.15, -0.1) is 0 Å². The van der Waals surface area contributed by atoms with Crippen molar-refractivity contribution >= 4 is 17.6 Å². The third-order valence-corrected chi connectivity index (χ3v) is 3.84. The quantitative estimate of drug-likeness (QED) is 0.392. The number of amidine groups is 1. The highest BCUT2D eigenvalue weighted by molar-refractivity contribution is 7.99. The molecule has 0 bridgehead atoms. The average Bonchev–Trinajstić information content (AvgIpc) is 2.47. The van der Waals surface area contributed by atoms with Gasteiger partial charge in [-0.3, -0.25) is 0 Å². The van der Waals surface area contributed by atoms with Crippen molar-refractivity contribution in [3.8, 4) is 5.75 Å². The van der Waals surface area contributed by atoms with Gasteiger partial charge in [-0.1, -0.05) is 29.1 Å². The summed E-state index contributed by atoms with van der Waals surface area (Å²) in [7, 11) is 1.64. The molecule has 0 spiro atoms. The van der Waals surface area contributed by atoms with Crippen LogP contribution in [-0.2, 0) is 0 Å². The van der Waals surface area contributed by atoms with E-state index in [1.807, 2.05) is 49.4 Å². The molecule has 2 rings (SSSR count). The highest BCUT2D eigenvalue weighted by Crippen LogP contribution is 2.33. The van der Waals surface area contributed by atoms with E-state index in [9.17, 15) is 0 Å². The summed E-state index contributed by atoms with van der Waals surface area (Å²) in [5.41, 5.74) is 7.55. The maximum atomic E-state index is 8.86. The maximum absolute atomic E-state index is 8.86. The van der Waals surface area contributed by atoms with E-state index in [0.29, 0.717) is 5.56 Å². The van der Waals surface area contributed by atoms with Crippen molar-refractivity contribution in [3.05, 3.63) is 53.6 Å². The minimum absolute atomic E-state index is 0.107. The summed E-state index contributed by atoms with van der Waals surface area (Å²) in [6.45, 7) is 2.01. The fraction of sp³-hybridized carbons (Fsp3) is 0.133. The predicted octanol–water partition coefficient (Wildman–Crippen LogP) is 3.25. The summed E-state index contributed by atoms with van der Waals surface area (Å²) >= 11 is 1.55. The maximum Gasteiger partial charge on any atom is 0.171 e. The minimum atomic E-state index is 0.107. The normalized spacial score (nSPS) is 11.4. The average molecular weight is 288 g/mol. The van der Waals surface area contributed by atoms with E-state index in [-0.39, 0.29) is 5.84 Å². The zero-order chi connectivity index (χ0) is 14.5. The van der Waals surface area contributed by atoms with E-state index in [4.69, 9.17) is 15.7 Å². The van der Waals surface area contributed by atoms with Gasteiger partial charge in [0.2, 0.25) is 0 Å². The van der Waals surface area contributed by atoms with Crippen molar-refractivity contribution in [1.82, 2.24) is 0 Å². The van der Waals surface area contributed by atoms with Crippen LogP contribution in [0.15, 0.2) is 57.4 Å². The zero-order valence-corrected chi connectivity index (χ0v) is 12.1. The van der Waals surface area contributed by atoms with Crippen LogP contribution in [0, 0.1) is 6.92 Å². The van der Waals surface area contributed by atoms with Crippen molar-refractivity contribution in [1.29, 1.82) is 0 Å². The smallest absolute Gasteiger partial charge is 0.171 e. The van der Waals surface area contributed by atoms with Gasteiger partial charge in [0.1, 0.15) is 5.75 Å². The highest BCUT2D eigenvalue weighted by atomic mass is 32.2. The van der Waals surface area contributed by atoms with Crippen LogP contribution in [0.25, 0.3) is 0 Å². The summed E-state index contributed by atoms with van der Waals surface area (Å²) in [6, 6.07) is 13.6. The molecule has 104 valence electrons. The fourth-order valence-corrected chi connectivity index (χ4v) is 2.87. The second-order valence-electron chi connectivity index (χ2n) is 4.27. The molecule has 0 aliphatic rings. The van der Waals surface area contributed by atoms with Gasteiger partial charge < -0.3 is 15.7 Å². The van der Waals surface area contributed by atoms with E-state index in [0.717, 1.165) is 21.1 Å². The third-order valence-electron chi connectivity index (χ3n) is 2.79. The Morgan fingerprint density at radius 1 is 1.25 bits per heavy atom. The van der Waals surface area contributed by atoms with Crippen molar-refractivity contribution in [2.75, 3.05) is 7.11 Å². The van der Waals surface area contributed by atoms with Gasteiger partial charge >= 0.3 is 0 Å². The number of benzene rings is 2. The van der Waals surface area contributed by atoms with Crippen LogP contribution in [0.3, 0.4) is 0 Å². The molecule has 0 fully saturated rings. The van der Waals surface area contributed by atoms with Gasteiger partial charge in [0, 0.05) is 15.4 Å². The first-order chi connectivity index (χ1) is 9.63. The van der Waals surface area contributed by atoms with Crippen molar-refractivity contribution in [2.24, 2.45) is 10.9 Å². The molecule has 0 amide bonds. The van der Waals surface area contributed by atoms with Crippen LogP contribution < -0.4 is 10.5 Å². The molecular formula is C15H16N2O2S. The topological polar surface area (TPSA) is 67.8 Å². The molecule has 0 aliphatic heterocycles. The molecule has 0 unspecified atom stereocenters. The molecule has 0 saturated carbocycles. The fourth-order valence-electron chi connectivity index (χ4n) is 1.77. The van der Waals surface area contributed by atoms with Gasteiger partial charge in [-0.25, -0.2) is 0 Å². The Kier molecular flexibility index (Phi) is 4.53. The highest BCUT2D eigenvalue weighted by Gasteiger charge is 2.09. The Morgan fingerprint density at radius 3 is 2.75 bits per heavy atom. The van der Waals surface area contributed by atoms with E-state index in [2.05, 4.69) is 5.16 Å². The molecule has 0 aliphatic carbocycles. The van der Waals surface area contributed by atoms with Crippen molar-refractivity contribution in [2.45, 2.75) is 16.7 Å². The van der Waals surface area contributed by atoms with E-state index in [1.54, 1.807) is 18.9 Å². The second-order valence-corrected chi connectivity index (χ2v) is 5.38. The zero-order valence-electron chi connectivity index (χ0n) is 11.3. The number of hydrogen-bond donors (Lipinski definition) is 2. The molecule has 0 aromatic heterocycles.